The van der Waals surface area contributed by atoms with Crippen LogP contribution in [0.25, 0.3) is 0 Å². The first-order valence-electron chi connectivity index (χ1n) is 6.46. The van der Waals surface area contributed by atoms with E-state index in [9.17, 15) is 9.59 Å². The standard InChI is InChI=1S/C14H17N5O2/c1-14(2,3)19(13(21)11-9-15-18-16-11)17-12(20)10-7-5-4-6-8-10/h4-9H,1-3H3,(H,17,20)(H,15,16,18). The van der Waals surface area contributed by atoms with Gasteiger partial charge in [0.1, 0.15) is 0 Å². The monoisotopic (exact) mass is 287 g/mol. The van der Waals surface area contributed by atoms with Gasteiger partial charge < -0.3 is 0 Å². The Labute approximate surface area is 122 Å². The zero-order chi connectivity index (χ0) is 15.5. The number of H-pyrrole nitrogens is 1. The normalized spacial score (nSPS) is 11.0. The number of nitrogens with one attached hydrogen (secondary N) is 2. The summed E-state index contributed by atoms with van der Waals surface area (Å²) in [5.74, 6) is -0.789. The number of carbonyl (C=O) groups excluding carboxylic acids is 2. The van der Waals surface area contributed by atoms with Gasteiger partial charge in [0.05, 0.1) is 11.7 Å². The Hall–Kier alpha value is -2.70. The molecule has 0 aliphatic carbocycles. The fourth-order valence-electron chi connectivity index (χ4n) is 1.70. The second kappa shape index (κ2) is 5.74. The maximum Gasteiger partial charge on any atom is 0.294 e. The lowest BCUT2D eigenvalue weighted by atomic mass is 10.1. The maximum atomic E-state index is 12.4. The van der Waals surface area contributed by atoms with Crippen molar-refractivity contribution in [2.75, 3.05) is 0 Å². The molecule has 0 radical (unpaired) electrons. The number of amides is 2. The number of carbonyl (C=O) groups is 2. The third kappa shape index (κ3) is 3.44. The van der Waals surface area contributed by atoms with Crippen LogP contribution in [0, 0.1) is 0 Å². The fraction of sp³-hybridized carbons (Fsp3) is 0.286. The average molecular weight is 287 g/mol. The number of benzene rings is 1. The number of rotatable bonds is 2. The highest BCUT2D eigenvalue weighted by Gasteiger charge is 2.30. The predicted molar refractivity (Wildman–Crippen MR) is 76.2 cm³/mol. The third-order valence-electron chi connectivity index (χ3n) is 2.76. The molecule has 2 amide bonds. The Morgan fingerprint density at radius 2 is 1.86 bits per heavy atom. The molecule has 7 nitrogen and oxygen atoms in total. The van der Waals surface area contributed by atoms with Crippen molar-refractivity contribution >= 4 is 11.8 Å². The van der Waals surface area contributed by atoms with Crippen LogP contribution in [0.1, 0.15) is 41.6 Å². The lowest BCUT2D eigenvalue weighted by molar-refractivity contribution is 0.0353. The van der Waals surface area contributed by atoms with Gasteiger partial charge >= 0.3 is 0 Å². The van der Waals surface area contributed by atoms with Gasteiger partial charge in [-0.05, 0) is 32.9 Å². The van der Waals surface area contributed by atoms with Crippen molar-refractivity contribution in [1.29, 1.82) is 0 Å². The molecule has 0 saturated carbocycles. The molecule has 2 rings (SSSR count). The van der Waals surface area contributed by atoms with Gasteiger partial charge in [0.15, 0.2) is 5.69 Å². The zero-order valence-corrected chi connectivity index (χ0v) is 12.1. The molecule has 2 N–H and O–H groups in total. The van der Waals surface area contributed by atoms with Gasteiger partial charge in [0.25, 0.3) is 11.8 Å². The maximum absolute atomic E-state index is 12.4. The SMILES string of the molecule is CC(C)(C)N(NC(=O)c1ccccc1)C(=O)c1cn[nH]n1. The number of hydrogen-bond acceptors (Lipinski definition) is 4. The minimum atomic E-state index is -0.611. The molecular weight excluding hydrogens is 270 g/mol. The topological polar surface area (TPSA) is 91.0 Å². The summed E-state index contributed by atoms with van der Waals surface area (Å²) < 4.78 is 0. The number of hydrazine groups is 1. The summed E-state index contributed by atoms with van der Waals surface area (Å²) in [6.07, 6.45) is 1.32. The smallest absolute Gasteiger partial charge is 0.267 e. The molecule has 2 aromatic rings. The number of aromatic nitrogens is 3. The van der Waals surface area contributed by atoms with E-state index in [1.165, 1.54) is 11.2 Å². The Bertz CT molecular complexity index is 617. The summed E-state index contributed by atoms with van der Waals surface area (Å²) in [6.45, 7) is 5.45. The van der Waals surface area contributed by atoms with Crippen molar-refractivity contribution in [2.24, 2.45) is 0 Å². The van der Waals surface area contributed by atoms with Crippen molar-refractivity contribution in [2.45, 2.75) is 26.3 Å². The summed E-state index contributed by atoms with van der Waals surface area (Å²) in [5.41, 5.74) is 2.62. The number of nitrogens with zero attached hydrogens (tertiary/aromatic N) is 3. The molecule has 21 heavy (non-hydrogen) atoms. The van der Waals surface area contributed by atoms with Crippen LogP contribution in [0.15, 0.2) is 36.5 Å². The third-order valence-corrected chi connectivity index (χ3v) is 2.76. The molecule has 110 valence electrons. The van der Waals surface area contributed by atoms with Crippen LogP contribution in [0.2, 0.25) is 0 Å². The van der Waals surface area contributed by atoms with E-state index < -0.39 is 11.4 Å². The summed E-state index contributed by atoms with van der Waals surface area (Å²) in [4.78, 5) is 24.6. The molecule has 0 saturated heterocycles. The summed E-state index contributed by atoms with van der Waals surface area (Å²) in [6, 6.07) is 8.69. The molecule has 1 heterocycles. The summed E-state index contributed by atoms with van der Waals surface area (Å²) in [7, 11) is 0. The second-order valence-corrected chi connectivity index (χ2v) is 5.47. The van der Waals surface area contributed by atoms with E-state index in [2.05, 4.69) is 20.8 Å². The predicted octanol–water partition coefficient (Wildman–Crippen LogP) is 1.39. The molecule has 1 aromatic carbocycles. The first kappa shape index (κ1) is 14.7. The highest BCUT2D eigenvalue weighted by Crippen LogP contribution is 2.14. The van der Waals surface area contributed by atoms with Crippen LogP contribution in [0.4, 0.5) is 0 Å². The Balaban J connectivity index is 2.22. The van der Waals surface area contributed by atoms with E-state index >= 15 is 0 Å². The molecule has 0 bridgehead atoms. The van der Waals surface area contributed by atoms with Gasteiger partial charge in [0.2, 0.25) is 0 Å². The Kier molecular flexibility index (Phi) is 4.02. The lowest BCUT2D eigenvalue weighted by Gasteiger charge is -2.34. The lowest BCUT2D eigenvalue weighted by Crippen LogP contribution is -2.56. The Morgan fingerprint density at radius 1 is 1.19 bits per heavy atom. The second-order valence-electron chi connectivity index (χ2n) is 5.47. The van der Waals surface area contributed by atoms with E-state index in [1.807, 2.05) is 26.8 Å². The van der Waals surface area contributed by atoms with Gasteiger partial charge in [-0.3, -0.25) is 15.0 Å². The minimum absolute atomic E-state index is 0.137. The molecule has 0 aliphatic rings. The molecule has 0 aliphatic heterocycles. The van der Waals surface area contributed by atoms with Gasteiger partial charge in [-0.15, -0.1) is 0 Å². The van der Waals surface area contributed by atoms with Crippen LogP contribution in [-0.2, 0) is 0 Å². The van der Waals surface area contributed by atoms with Gasteiger partial charge in [-0.2, -0.15) is 15.4 Å². The van der Waals surface area contributed by atoms with Crippen molar-refractivity contribution in [3.05, 3.63) is 47.8 Å². The van der Waals surface area contributed by atoms with E-state index in [-0.39, 0.29) is 11.6 Å². The molecule has 0 spiro atoms. The minimum Gasteiger partial charge on any atom is -0.267 e. The van der Waals surface area contributed by atoms with E-state index in [0.29, 0.717) is 5.56 Å². The highest BCUT2D eigenvalue weighted by atomic mass is 16.2. The number of hydrogen-bond donors (Lipinski definition) is 2. The van der Waals surface area contributed by atoms with E-state index in [0.717, 1.165) is 0 Å². The molecule has 0 fully saturated rings. The van der Waals surface area contributed by atoms with Crippen LogP contribution in [0.5, 0.6) is 0 Å². The van der Waals surface area contributed by atoms with Crippen LogP contribution >= 0.6 is 0 Å². The van der Waals surface area contributed by atoms with Crippen LogP contribution in [-0.4, -0.2) is 37.8 Å². The summed E-state index contributed by atoms with van der Waals surface area (Å²) in [5, 5.41) is 11.0. The van der Waals surface area contributed by atoms with Gasteiger partial charge in [-0.1, -0.05) is 18.2 Å². The van der Waals surface area contributed by atoms with E-state index in [4.69, 9.17) is 0 Å². The van der Waals surface area contributed by atoms with Gasteiger partial charge in [-0.25, -0.2) is 5.01 Å². The van der Waals surface area contributed by atoms with Crippen molar-refractivity contribution < 1.29 is 9.59 Å². The molecule has 1 aromatic heterocycles. The van der Waals surface area contributed by atoms with E-state index in [1.54, 1.807) is 24.3 Å². The number of aromatic amines is 1. The molecule has 0 atom stereocenters. The average Bonchev–Trinajstić information content (AvgIpc) is 2.97. The first-order valence-corrected chi connectivity index (χ1v) is 6.46. The first-order chi connectivity index (χ1) is 9.89. The molecule has 7 heteroatoms. The van der Waals surface area contributed by atoms with Gasteiger partial charge in [0, 0.05) is 5.56 Å². The fourth-order valence-corrected chi connectivity index (χ4v) is 1.70. The van der Waals surface area contributed by atoms with Crippen LogP contribution < -0.4 is 5.43 Å². The van der Waals surface area contributed by atoms with Crippen molar-refractivity contribution in [3.63, 3.8) is 0 Å². The van der Waals surface area contributed by atoms with Crippen LogP contribution in [0.3, 0.4) is 0 Å². The van der Waals surface area contributed by atoms with Crippen molar-refractivity contribution in [3.8, 4) is 0 Å². The Morgan fingerprint density at radius 3 is 2.38 bits per heavy atom. The largest absolute Gasteiger partial charge is 0.294 e. The molecular formula is C14H17N5O2. The van der Waals surface area contributed by atoms with Crippen molar-refractivity contribution in [1.82, 2.24) is 25.8 Å². The molecule has 0 unspecified atom stereocenters. The highest BCUT2D eigenvalue weighted by molar-refractivity contribution is 5.98. The quantitative estimate of drug-likeness (QED) is 0.817. The zero-order valence-electron chi connectivity index (χ0n) is 12.1. The summed E-state index contributed by atoms with van der Waals surface area (Å²) >= 11 is 0.